The van der Waals surface area contributed by atoms with Crippen LogP contribution in [0.2, 0.25) is 0 Å². The van der Waals surface area contributed by atoms with Gasteiger partial charge in [0.25, 0.3) is 5.56 Å². The summed E-state index contributed by atoms with van der Waals surface area (Å²) in [4.78, 5) is 27.2. The highest BCUT2D eigenvalue weighted by atomic mass is 32.1. The van der Waals surface area contributed by atoms with Gasteiger partial charge in [-0.15, -0.1) is 0 Å². The molecule has 5 rings (SSSR count). The van der Waals surface area contributed by atoms with Crippen molar-refractivity contribution < 1.29 is 40.8 Å². The molecule has 6 atom stereocenters. The van der Waals surface area contributed by atoms with E-state index in [1.807, 2.05) is 18.2 Å². The van der Waals surface area contributed by atoms with E-state index in [1.54, 1.807) is 24.3 Å². The van der Waals surface area contributed by atoms with Crippen molar-refractivity contribution in [1.29, 1.82) is 0 Å². The van der Waals surface area contributed by atoms with Crippen LogP contribution >= 0.6 is 19.8 Å². The molecule has 3 aromatic rings. The normalized spacial score (nSPS) is 27.6. The average molecular weight is 635 g/mol. The Morgan fingerprint density at radius 1 is 1.23 bits per heavy atom. The van der Waals surface area contributed by atoms with Crippen molar-refractivity contribution in [2.75, 3.05) is 12.7 Å². The van der Waals surface area contributed by atoms with Crippen molar-refractivity contribution in [2.24, 2.45) is 5.92 Å². The van der Waals surface area contributed by atoms with Crippen LogP contribution in [0.1, 0.15) is 54.9 Å². The summed E-state index contributed by atoms with van der Waals surface area (Å²) in [5.41, 5.74) is -2.64. The highest BCUT2D eigenvalue weighted by Crippen LogP contribution is 2.52. The summed E-state index contributed by atoms with van der Waals surface area (Å²) in [5, 5.41) is 23.6. The minimum atomic E-state index is -4.58. The summed E-state index contributed by atoms with van der Waals surface area (Å²) < 4.78 is 56.3. The van der Waals surface area contributed by atoms with Gasteiger partial charge in [0.2, 0.25) is 0 Å². The number of carbonyl (C=O) groups is 1. The molecule has 1 aromatic heterocycles. The lowest BCUT2D eigenvalue weighted by Crippen LogP contribution is -2.44. The zero-order valence-electron chi connectivity index (χ0n) is 25.9. The molecule has 2 aromatic carbocycles. The fourth-order valence-corrected chi connectivity index (χ4v) is 7.37. The van der Waals surface area contributed by atoms with Crippen LogP contribution in [-0.2, 0) is 23.4 Å². The fraction of sp³-hybridized carbons (Fsp3) is 0.500. The van der Waals surface area contributed by atoms with Crippen molar-refractivity contribution in [1.82, 2.24) is 9.55 Å². The number of benzene rings is 2. The van der Waals surface area contributed by atoms with E-state index in [0.717, 1.165) is 48.1 Å². The van der Waals surface area contributed by atoms with Crippen LogP contribution in [0, 0.1) is 10.7 Å². The van der Waals surface area contributed by atoms with Crippen LogP contribution in [0.3, 0.4) is 0 Å². The summed E-state index contributed by atoms with van der Waals surface area (Å²) >= 11 is 5.18. The summed E-state index contributed by atoms with van der Waals surface area (Å²) in [6.07, 6.45) is -0.408. The standard InChI is InChI=1S/C30H37N2O9PS/c1-19(27(35)39-21-11-4-3-5-12-21)18-42(37,41-23-14-8-10-20-9-6-7-13-22(20)23)38-17-24-26(34)30(2,36)28(40-24)32-16-15-25(33)31-29(32)43/h6-10,13-16,19,21,24,26,28,34,36H,3-5,11-12,17-18H2,1-2H3,(H,31,33,43)/t19-,24-,26+,28-,30?,42+/m1/s1/i17D2. The van der Waals surface area contributed by atoms with Crippen LogP contribution in [-0.4, -0.2) is 62.4 Å². The summed E-state index contributed by atoms with van der Waals surface area (Å²) in [6, 6.07) is 13.3. The van der Waals surface area contributed by atoms with E-state index in [0.29, 0.717) is 5.39 Å². The number of H-pyrrole nitrogens is 1. The second kappa shape index (κ2) is 13.0. The Balaban J connectivity index is 1.45. The Bertz CT molecular complexity index is 1700. The number of ether oxygens (including phenoxy) is 2. The first-order valence-electron chi connectivity index (χ1n) is 15.3. The number of aromatic amines is 1. The lowest BCUT2D eigenvalue weighted by molar-refractivity contribution is -0.154. The van der Waals surface area contributed by atoms with E-state index in [1.165, 1.54) is 20.0 Å². The Hall–Kier alpha value is -2.86. The molecule has 1 aliphatic carbocycles. The fourth-order valence-electron chi connectivity index (χ4n) is 5.38. The zero-order chi connectivity index (χ0) is 32.6. The number of esters is 1. The van der Waals surface area contributed by atoms with Crippen LogP contribution in [0.5, 0.6) is 5.75 Å². The third kappa shape index (κ3) is 7.11. The van der Waals surface area contributed by atoms with Crippen LogP contribution < -0.4 is 10.1 Å². The number of fused-ring (bicyclic) bond motifs is 1. The van der Waals surface area contributed by atoms with Gasteiger partial charge in [-0.2, -0.15) is 0 Å². The van der Waals surface area contributed by atoms with Crippen LogP contribution in [0.4, 0.5) is 0 Å². The molecule has 1 aliphatic heterocycles. The van der Waals surface area contributed by atoms with E-state index in [2.05, 4.69) is 4.98 Å². The first-order valence-corrected chi connectivity index (χ1v) is 16.4. The number of aromatic nitrogens is 2. The molecule has 0 radical (unpaired) electrons. The van der Waals surface area contributed by atoms with E-state index in [9.17, 15) is 24.4 Å². The van der Waals surface area contributed by atoms with Gasteiger partial charge in [-0.25, -0.2) is 4.57 Å². The second-order valence-corrected chi connectivity index (χ2v) is 13.6. The van der Waals surface area contributed by atoms with Gasteiger partial charge in [0.15, 0.2) is 11.0 Å². The molecule has 0 bridgehead atoms. The van der Waals surface area contributed by atoms with Gasteiger partial charge >= 0.3 is 13.6 Å². The Morgan fingerprint density at radius 3 is 2.70 bits per heavy atom. The van der Waals surface area contributed by atoms with Crippen molar-refractivity contribution in [2.45, 2.75) is 76.1 Å². The first kappa shape index (κ1) is 28.9. The number of rotatable bonds is 10. The van der Waals surface area contributed by atoms with Gasteiger partial charge in [-0.1, -0.05) is 49.7 Å². The number of hydrogen-bond acceptors (Lipinski definition) is 10. The summed E-state index contributed by atoms with van der Waals surface area (Å²) in [7, 11) is -4.58. The zero-order valence-corrected chi connectivity index (χ0v) is 25.6. The van der Waals surface area contributed by atoms with E-state index < -0.39 is 61.8 Å². The predicted molar refractivity (Wildman–Crippen MR) is 162 cm³/mol. The largest absolute Gasteiger partial charge is 0.462 e. The molecule has 2 aliphatic rings. The van der Waals surface area contributed by atoms with Gasteiger partial charge in [0.05, 0.1) is 21.4 Å². The number of nitrogens with zero attached hydrogens (tertiary/aromatic N) is 1. The van der Waals surface area contributed by atoms with Crippen molar-refractivity contribution in [3.63, 3.8) is 0 Å². The quantitative estimate of drug-likeness (QED) is 0.160. The monoisotopic (exact) mass is 634 g/mol. The third-order valence-corrected chi connectivity index (χ3v) is 9.96. The molecule has 0 amide bonds. The smallest absolute Gasteiger partial charge is 0.380 e. The second-order valence-electron chi connectivity index (χ2n) is 11.3. The summed E-state index contributed by atoms with van der Waals surface area (Å²) in [5.74, 6) is -1.48. The van der Waals surface area contributed by atoms with Crippen LogP contribution in [0.25, 0.3) is 10.8 Å². The molecule has 2 heterocycles. The molecule has 3 N–H and O–H groups in total. The molecule has 1 unspecified atom stereocenters. The molecule has 232 valence electrons. The van der Waals surface area contributed by atoms with Crippen molar-refractivity contribution in [3.05, 3.63) is 69.9 Å². The lowest BCUT2D eigenvalue weighted by Gasteiger charge is -2.28. The maximum atomic E-state index is 14.6. The van der Waals surface area contributed by atoms with E-state index in [4.69, 9.17) is 33.5 Å². The molecular formula is C30H37N2O9PS. The number of aliphatic hydroxyl groups excluding tert-OH is 1. The molecule has 1 saturated carbocycles. The molecule has 11 nitrogen and oxygen atoms in total. The topological polar surface area (TPSA) is 149 Å². The number of nitrogens with one attached hydrogen (secondary N) is 1. The van der Waals surface area contributed by atoms with Crippen molar-refractivity contribution >= 4 is 36.6 Å². The molecule has 43 heavy (non-hydrogen) atoms. The van der Waals surface area contributed by atoms with Crippen molar-refractivity contribution in [3.8, 4) is 5.75 Å². The van der Waals surface area contributed by atoms with Gasteiger partial charge in [-0.05, 0) is 56.3 Å². The van der Waals surface area contributed by atoms with Crippen LogP contribution in [0.15, 0.2) is 59.5 Å². The Morgan fingerprint density at radius 2 is 1.95 bits per heavy atom. The molecule has 2 fully saturated rings. The third-order valence-electron chi connectivity index (χ3n) is 7.79. The molecule has 0 spiro atoms. The molecule has 1 saturated heterocycles. The van der Waals surface area contributed by atoms with E-state index >= 15 is 0 Å². The highest BCUT2D eigenvalue weighted by molar-refractivity contribution is 7.71. The first-order chi connectivity index (χ1) is 21.2. The van der Waals surface area contributed by atoms with E-state index in [-0.39, 0.29) is 16.6 Å². The number of hydrogen-bond donors (Lipinski definition) is 3. The maximum absolute atomic E-state index is 14.6. The maximum Gasteiger partial charge on any atom is 0.380 e. The van der Waals surface area contributed by atoms with Gasteiger partial charge in [-0.3, -0.25) is 23.7 Å². The minimum absolute atomic E-state index is 0.136. The molecular weight excluding hydrogens is 595 g/mol. The van der Waals surface area contributed by atoms with Gasteiger partial charge in [0.1, 0.15) is 29.7 Å². The predicted octanol–water partition coefficient (Wildman–Crippen LogP) is 4.87. The average Bonchev–Trinajstić information content (AvgIpc) is 3.22. The minimum Gasteiger partial charge on any atom is -0.462 e. The SMILES string of the molecule is [2H]C([2H])(O[P@@](=O)(C[C@@H](C)C(=O)OC1CCCCC1)Oc1cccc2ccccc12)[C@H]1O[C@@H](n2ccc(=O)[nH]c2=S)C(C)(O)[C@H]1O. The Labute approximate surface area is 257 Å². The molecule has 13 heteroatoms. The van der Waals surface area contributed by atoms with Gasteiger partial charge < -0.3 is 24.2 Å². The highest BCUT2D eigenvalue weighted by Gasteiger charge is 2.54. The lowest BCUT2D eigenvalue weighted by atomic mass is 9.96. The number of carbonyl (C=O) groups excluding carboxylic acids is 1. The summed E-state index contributed by atoms with van der Waals surface area (Å²) in [6.45, 7) is -0.320. The number of aliphatic hydroxyl groups is 2. The Kier molecular flexibility index (Phi) is 8.74. The van der Waals surface area contributed by atoms with Gasteiger partial charge in [0, 0.05) is 17.6 Å².